The van der Waals surface area contributed by atoms with E-state index in [9.17, 15) is 22.4 Å². The van der Waals surface area contributed by atoms with Gasteiger partial charge in [-0.2, -0.15) is 0 Å². The lowest BCUT2D eigenvalue weighted by molar-refractivity contribution is -0.0391. The third-order valence-electron chi connectivity index (χ3n) is 4.21. The van der Waals surface area contributed by atoms with Crippen molar-refractivity contribution in [3.05, 3.63) is 34.9 Å². The first-order valence-corrected chi connectivity index (χ1v) is 8.13. The van der Waals surface area contributed by atoms with Gasteiger partial charge in [-0.3, -0.25) is 0 Å². The largest absolute Gasteiger partial charge is 0.456 e. The summed E-state index contributed by atoms with van der Waals surface area (Å²) in [5.41, 5.74) is -0.962. The Kier molecular flexibility index (Phi) is 4.64. The van der Waals surface area contributed by atoms with E-state index in [1.807, 2.05) is 0 Å². The van der Waals surface area contributed by atoms with Crippen molar-refractivity contribution < 1.29 is 31.8 Å². The highest BCUT2D eigenvalue weighted by atomic mass is 79.9. The number of benzene rings is 1. The summed E-state index contributed by atoms with van der Waals surface area (Å²) in [6.45, 7) is 0. The third kappa shape index (κ3) is 3.10. The molecule has 4 atom stereocenters. The predicted octanol–water partition coefficient (Wildman–Crippen LogP) is 3.87. The summed E-state index contributed by atoms with van der Waals surface area (Å²) in [6.07, 6.45) is 1.73. The standard InChI is InChI=1S/C15H13BrF4O3/c16-7-1-2-11(10-4-3-9(7)22-10)23-15(21)6-5-8(17)13(19)14(20)12(6)18/h5,7,9-11H,1-4H2/t7-,9-,10+,11+/m1/s1. The van der Waals surface area contributed by atoms with E-state index in [1.54, 1.807) is 0 Å². The van der Waals surface area contributed by atoms with Crippen LogP contribution < -0.4 is 0 Å². The Labute approximate surface area is 138 Å². The molecule has 0 amide bonds. The lowest BCUT2D eigenvalue weighted by Crippen LogP contribution is -2.30. The highest BCUT2D eigenvalue weighted by Gasteiger charge is 2.40. The summed E-state index contributed by atoms with van der Waals surface area (Å²) in [5, 5.41) is 0. The van der Waals surface area contributed by atoms with Crippen molar-refractivity contribution in [3.63, 3.8) is 0 Å². The average molecular weight is 397 g/mol. The first kappa shape index (κ1) is 16.7. The van der Waals surface area contributed by atoms with Crippen molar-refractivity contribution in [3.8, 4) is 0 Å². The molecule has 2 aliphatic rings. The smallest absolute Gasteiger partial charge is 0.341 e. The van der Waals surface area contributed by atoms with E-state index < -0.39 is 40.9 Å². The van der Waals surface area contributed by atoms with Crippen molar-refractivity contribution in [2.75, 3.05) is 0 Å². The van der Waals surface area contributed by atoms with E-state index in [1.165, 1.54) is 0 Å². The maximum atomic E-state index is 13.7. The molecule has 23 heavy (non-hydrogen) atoms. The molecule has 2 heterocycles. The third-order valence-corrected chi connectivity index (χ3v) is 5.26. The topological polar surface area (TPSA) is 35.5 Å². The molecule has 0 saturated carbocycles. The van der Waals surface area contributed by atoms with E-state index >= 15 is 0 Å². The number of carbonyl (C=O) groups is 1. The highest BCUT2D eigenvalue weighted by molar-refractivity contribution is 9.09. The van der Waals surface area contributed by atoms with Crippen molar-refractivity contribution in [2.24, 2.45) is 0 Å². The zero-order chi connectivity index (χ0) is 16.7. The molecule has 2 aliphatic heterocycles. The molecular weight excluding hydrogens is 384 g/mol. The number of halogens is 5. The fourth-order valence-electron chi connectivity index (χ4n) is 2.98. The molecule has 0 N–H and O–H groups in total. The molecular formula is C15H13BrF4O3. The van der Waals surface area contributed by atoms with Gasteiger partial charge in [0.1, 0.15) is 11.7 Å². The number of alkyl halides is 1. The predicted molar refractivity (Wildman–Crippen MR) is 75.3 cm³/mol. The second kappa shape index (κ2) is 6.39. The van der Waals surface area contributed by atoms with Gasteiger partial charge in [0.2, 0.25) is 0 Å². The van der Waals surface area contributed by atoms with Crippen LogP contribution in [-0.2, 0) is 9.47 Å². The van der Waals surface area contributed by atoms with Gasteiger partial charge in [0.15, 0.2) is 23.3 Å². The van der Waals surface area contributed by atoms with E-state index in [-0.39, 0.29) is 17.0 Å². The lowest BCUT2D eigenvalue weighted by Gasteiger charge is -2.22. The molecule has 8 heteroatoms. The van der Waals surface area contributed by atoms with Crippen LogP contribution in [0, 0.1) is 23.3 Å². The zero-order valence-electron chi connectivity index (χ0n) is 11.8. The maximum Gasteiger partial charge on any atom is 0.341 e. The number of hydrogen-bond acceptors (Lipinski definition) is 3. The number of hydrogen-bond donors (Lipinski definition) is 0. The fraction of sp³-hybridized carbons (Fsp3) is 0.533. The number of fused-ring (bicyclic) bond motifs is 2. The summed E-state index contributed by atoms with van der Waals surface area (Å²) in [5.74, 6) is -8.63. The minimum absolute atomic E-state index is 0.0288. The molecule has 1 aromatic rings. The Bertz CT molecular complexity index is 640. The van der Waals surface area contributed by atoms with Crippen LogP contribution in [-0.4, -0.2) is 29.1 Å². The molecule has 2 bridgehead atoms. The van der Waals surface area contributed by atoms with Gasteiger partial charge in [-0.15, -0.1) is 0 Å². The van der Waals surface area contributed by atoms with Crippen LogP contribution in [0.5, 0.6) is 0 Å². The zero-order valence-corrected chi connectivity index (χ0v) is 13.4. The van der Waals surface area contributed by atoms with Gasteiger partial charge in [0.05, 0.1) is 12.2 Å². The SMILES string of the molecule is O=C(O[C@H]1CC[C@@H](Br)[C@H]2CC[C@@H]1O2)c1cc(F)c(F)c(F)c1F. The molecule has 0 aromatic heterocycles. The molecule has 3 nitrogen and oxygen atoms in total. The van der Waals surface area contributed by atoms with Crippen LogP contribution >= 0.6 is 15.9 Å². The molecule has 0 unspecified atom stereocenters. The normalized spacial score (nSPS) is 30.1. The quantitative estimate of drug-likeness (QED) is 0.250. The van der Waals surface area contributed by atoms with Crippen LogP contribution in [0.2, 0.25) is 0 Å². The molecule has 0 radical (unpaired) electrons. The van der Waals surface area contributed by atoms with Crippen LogP contribution in [0.3, 0.4) is 0 Å². The average Bonchev–Trinajstić information content (AvgIpc) is 2.96. The number of rotatable bonds is 2. The van der Waals surface area contributed by atoms with Crippen molar-refractivity contribution in [1.82, 2.24) is 0 Å². The van der Waals surface area contributed by atoms with Crippen molar-refractivity contribution in [1.29, 1.82) is 0 Å². The first-order valence-electron chi connectivity index (χ1n) is 7.22. The van der Waals surface area contributed by atoms with Gasteiger partial charge in [-0.1, -0.05) is 15.9 Å². The molecule has 2 saturated heterocycles. The van der Waals surface area contributed by atoms with Crippen LogP contribution in [0.1, 0.15) is 36.0 Å². The molecule has 0 aliphatic carbocycles. The van der Waals surface area contributed by atoms with Gasteiger partial charge < -0.3 is 9.47 Å². The minimum atomic E-state index is -2.03. The van der Waals surface area contributed by atoms with E-state index in [4.69, 9.17) is 9.47 Å². The number of carbonyl (C=O) groups excluding carboxylic acids is 1. The Balaban J connectivity index is 1.79. The summed E-state index contributed by atoms with van der Waals surface area (Å²) >= 11 is 3.50. The van der Waals surface area contributed by atoms with E-state index in [0.29, 0.717) is 25.3 Å². The summed E-state index contributed by atoms with van der Waals surface area (Å²) in [4.78, 5) is 12.2. The monoisotopic (exact) mass is 396 g/mol. The second-order valence-electron chi connectivity index (χ2n) is 5.68. The minimum Gasteiger partial charge on any atom is -0.456 e. The molecule has 1 aromatic carbocycles. The Morgan fingerprint density at radius 3 is 2.48 bits per heavy atom. The van der Waals surface area contributed by atoms with Gasteiger partial charge in [-0.25, -0.2) is 22.4 Å². The Morgan fingerprint density at radius 1 is 1.04 bits per heavy atom. The van der Waals surface area contributed by atoms with Crippen molar-refractivity contribution in [2.45, 2.75) is 48.8 Å². The second-order valence-corrected chi connectivity index (χ2v) is 6.85. The van der Waals surface area contributed by atoms with Gasteiger partial charge in [-0.05, 0) is 31.7 Å². The first-order chi connectivity index (χ1) is 10.9. The molecule has 3 rings (SSSR count). The Morgan fingerprint density at radius 2 is 1.74 bits per heavy atom. The summed E-state index contributed by atoms with van der Waals surface area (Å²) < 4.78 is 64.0. The van der Waals surface area contributed by atoms with E-state index in [2.05, 4.69) is 15.9 Å². The maximum absolute atomic E-state index is 13.7. The lowest BCUT2D eigenvalue weighted by atomic mass is 9.98. The number of esters is 1. The summed E-state index contributed by atoms with van der Waals surface area (Å²) in [7, 11) is 0. The van der Waals surface area contributed by atoms with Crippen LogP contribution in [0.25, 0.3) is 0 Å². The molecule has 0 spiro atoms. The van der Waals surface area contributed by atoms with E-state index in [0.717, 1.165) is 6.42 Å². The van der Waals surface area contributed by atoms with Crippen LogP contribution in [0.4, 0.5) is 17.6 Å². The highest BCUT2D eigenvalue weighted by Crippen LogP contribution is 2.36. The Hall–Kier alpha value is -1.15. The molecule has 126 valence electrons. The van der Waals surface area contributed by atoms with Gasteiger partial charge >= 0.3 is 5.97 Å². The fourth-order valence-corrected chi connectivity index (χ4v) is 3.63. The summed E-state index contributed by atoms with van der Waals surface area (Å²) in [6, 6.07) is 0.304. The van der Waals surface area contributed by atoms with Gasteiger partial charge in [0.25, 0.3) is 0 Å². The van der Waals surface area contributed by atoms with Crippen molar-refractivity contribution >= 4 is 21.9 Å². The van der Waals surface area contributed by atoms with Gasteiger partial charge in [0, 0.05) is 4.83 Å². The molecule has 2 fully saturated rings. The number of ether oxygens (including phenoxy) is 2. The van der Waals surface area contributed by atoms with Crippen LogP contribution in [0.15, 0.2) is 6.07 Å².